The molecule has 1 aliphatic rings. The smallest absolute Gasteiger partial charge is 0.0621 e. The molecule has 3 rings (SSSR count). The molecule has 5 heteroatoms. The Balaban J connectivity index is 1.53. The van der Waals surface area contributed by atoms with E-state index < -0.39 is 0 Å². The van der Waals surface area contributed by atoms with Gasteiger partial charge in [-0.3, -0.25) is 19.5 Å². The lowest BCUT2D eigenvalue weighted by atomic mass is 9.93. The Kier molecular flexibility index (Phi) is 4.83. The fourth-order valence-corrected chi connectivity index (χ4v) is 3.16. The monoisotopic (exact) mass is 299 g/mol. The van der Waals surface area contributed by atoms with Crippen LogP contribution in [0.3, 0.4) is 0 Å². The van der Waals surface area contributed by atoms with Gasteiger partial charge in [-0.1, -0.05) is 6.92 Å². The van der Waals surface area contributed by atoms with Gasteiger partial charge >= 0.3 is 0 Å². The van der Waals surface area contributed by atoms with E-state index in [0.717, 1.165) is 44.0 Å². The second kappa shape index (κ2) is 7.01. The average molecular weight is 299 g/mol. The van der Waals surface area contributed by atoms with Crippen molar-refractivity contribution in [2.45, 2.75) is 52.1 Å². The number of aryl methyl sites for hydroxylation is 2. The summed E-state index contributed by atoms with van der Waals surface area (Å²) < 4.78 is 2.05. The van der Waals surface area contributed by atoms with E-state index in [2.05, 4.69) is 33.1 Å². The highest BCUT2D eigenvalue weighted by atomic mass is 15.3. The SMILES string of the molecule is CCCn1cc(CN2CCC(c3cncc(C)n3)CC2)cn1. The van der Waals surface area contributed by atoms with Crippen LogP contribution in [0.15, 0.2) is 24.8 Å². The minimum atomic E-state index is 0.562. The molecule has 1 saturated heterocycles. The molecule has 0 radical (unpaired) electrons. The number of hydrogen-bond acceptors (Lipinski definition) is 4. The first-order valence-corrected chi connectivity index (χ1v) is 8.27. The van der Waals surface area contributed by atoms with E-state index >= 15 is 0 Å². The van der Waals surface area contributed by atoms with Crippen molar-refractivity contribution in [3.05, 3.63) is 41.7 Å². The van der Waals surface area contributed by atoms with Gasteiger partial charge in [-0.15, -0.1) is 0 Å². The quantitative estimate of drug-likeness (QED) is 0.851. The van der Waals surface area contributed by atoms with Gasteiger partial charge in [-0.05, 0) is 39.3 Å². The predicted octanol–water partition coefficient (Wildman–Crippen LogP) is 2.77. The molecule has 3 heterocycles. The van der Waals surface area contributed by atoms with Gasteiger partial charge in [0.05, 0.1) is 17.6 Å². The maximum absolute atomic E-state index is 4.64. The Bertz CT molecular complexity index is 599. The molecule has 1 aliphatic heterocycles. The lowest BCUT2D eigenvalue weighted by Crippen LogP contribution is -2.32. The molecule has 0 aliphatic carbocycles. The Morgan fingerprint density at radius 3 is 2.73 bits per heavy atom. The zero-order chi connectivity index (χ0) is 15.4. The van der Waals surface area contributed by atoms with Crippen molar-refractivity contribution in [2.24, 2.45) is 0 Å². The standard InChI is InChI=1S/C17H25N5/c1-3-6-22-13-15(10-19-22)12-21-7-4-16(5-8-21)17-11-18-9-14(2)20-17/h9-11,13,16H,3-8,12H2,1-2H3. The fourth-order valence-electron chi connectivity index (χ4n) is 3.16. The van der Waals surface area contributed by atoms with Crippen LogP contribution in [0.4, 0.5) is 0 Å². The summed E-state index contributed by atoms with van der Waals surface area (Å²) in [6.45, 7) is 8.46. The molecule has 5 nitrogen and oxygen atoms in total. The predicted molar refractivity (Wildman–Crippen MR) is 86.5 cm³/mol. The summed E-state index contributed by atoms with van der Waals surface area (Å²) in [4.78, 5) is 11.4. The van der Waals surface area contributed by atoms with Gasteiger partial charge in [0.25, 0.3) is 0 Å². The van der Waals surface area contributed by atoms with Gasteiger partial charge in [0, 0.05) is 43.2 Å². The molecule has 0 N–H and O–H groups in total. The molecule has 2 aromatic rings. The third kappa shape index (κ3) is 3.71. The molecular formula is C17H25N5. The first-order valence-electron chi connectivity index (χ1n) is 8.27. The van der Waals surface area contributed by atoms with Crippen molar-refractivity contribution in [2.75, 3.05) is 13.1 Å². The summed E-state index contributed by atoms with van der Waals surface area (Å²) in [6, 6.07) is 0. The molecule has 0 bridgehead atoms. The Hall–Kier alpha value is -1.75. The van der Waals surface area contributed by atoms with E-state index in [-0.39, 0.29) is 0 Å². The van der Waals surface area contributed by atoms with Crippen LogP contribution >= 0.6 is 0 Å². The van der Waals surface area contributed by atoms with E-state index in [4.69, 9.17) is 0 Å². The number of aromatic nitrogens is 4. The second-order valence-corrected chi connectivity index (χ2v) is 6.25. The van der Waals surface area contributed by atoms with E-state index in [9.17, 15) is 0 Å². The van der Waals surface area contributed by atoms with Gasteiger partial charge in [0.15, 0.2) is 0 Å². The summed E-state index contributed by atoms with van der Waals surface area (Å²) in [6.07, 6.45) is 11.4. The van der Waals surface area contributed by atoms with Crippen molar-refractivity contribution in [1.82, 2.24) is 24.6 Å². The average Bonchev–Trinajstić information content (AvgIpc) is 2.96. The van der Waals surface area contributed by atoms with Crippen LogP contribution in [0.25, 0.3) is 0 Å². The molecule has 2 aromatic heterocycles. The number of likely N-dealkylation sites (tertiary alicyclic amines) is 1. The highest BCUT2D eigenvalue weighted by Crippen LogP contribution is 2.27. The second-order valence-electron chi connectivity index (χ2n) is 6.25. The van der Waals surface area contributed by atoms with Gasteiger partial charge < -0.3 is 0 Å². The Morgan fingerprint density at radius 1 is 1.18 bits per heavy atom. The van der Waals surface area contributed by atoms with Crippen molar-refractivity contribution in [3.63, 3.8) is 0 Å². The number of nitrogens with zero attached hydrogens (tertiary/aromatic N) is 5. The van der Waals surface area contributed by atoms with Gasteiger partial charge in [0.2, 0.25) is 0 Å². The molecule has 0 atom stereocenters. The van der Waals surface area contributed by atoms with Crippen LogP contribution in [0.5, 0.6) is 0 Å². The third-order valence-corrected chi connectivity index (χ3v) is 4.33. The Labute approximate surface area is 132 Å². The molecule has 1 fully saturated rings. The number of hydrogen-bond donors (Lipinski definition) is 0. The lowest BCUT2D eigenvalue weighted by molar-refractivity contribution is 0.203. The molecule has 118 valence electrons. The maximum Gasteiger partial charge on any atom is 0.0621 e. The molecule has 0 saturated carbocycles. The van der Waals surface area contributed by atoms with Crippen LogP contribution in [-0.4, -0.2) is 37.7 Å². The highest BCUT2D eigenvalue weighted by molar-refractivity contribution is 5.09. The maximum atomic E-state index is 4.64. The normalized spacial score (nSPS) is 17.0. The van der Waals surface area contributed by atoms with Crippen molar-refractivity contribution in [3.8, 4) is 0 Å². The molecule has 22 heavy (non-hydrogen) atoms. The van der Waals surface area contributed by atoms with Crippen LogP contribution in [0.2, 0.25) is 0 Å². The van der Waals surface area contributed by atoms with Gasteiger partial charge in [0.1, 0.15) is 0 Å². The fraction of sp³-hybridized carbons (Fsp3) is 0.588. The first-order chi connectivity index (χ1) is 10.7. The first kappa shape index (κ1) is 15.2. The zero-order valence-electron chi connectivity index (χ0n) is 13.6. The summed E-state index contributed by atoms with van der Waals surface area (Å²) in [5.74, 6) is 0.562. The zero-order valence-corrected chi connectivity index (χ0v) is 13.6. The van der Waals surface area contributed by atoms with Crippen molar-refractivity contribution >= 4 is 0 Å². The van der Waals surface area contributed by atoms with Crippen LogP contribution in [0, 0.1) is 6.92 Å². The van der Waals surface area contributed by atoms with Crippen LogP contribution < -0.4 is 0 Å². The summed E-state index contributed by atoms with van der Waals surface area (Å²) in [7, 11) is 0. The molecule has 0 aromatic carbocycles. The molecule has 0 unspecified atom stereocenters. The van der Waals surface area contributed by atoms with Crippen molar-refractivity contribution < 1.29 is 0 Å². The largest absolute Gasteiger partial charge is 0.299 e. The van der Waals surface area contributed by atoms with Crippen LogP contribution in [-0.2, 0) is 13.1 Å². The van der Waals surface area contributed by atoms with Gasteiger partial charge in [-0.2, -0.15) is 5.10 Å². The topological polar surface area (TPSA) is 46.8 Å². The van der Waals surface area contributed by atoms with E-state index in [1.54, 1.807) is 0 Å². The number of rotatable bonds is 5. The van der Waals surface area contributed by atoms with E-state index in [1.165, 1.54) is 18.4 Å². The van der Waals surface area contributed by atoms with Gasteiger partial charge in [-0.25, -0.2) is 0 Å². The summed E-state index contributed by atoms with van der Waals surface area (Å²) in [5, 5.41) is 4.42. The summed E-state index contributed by atoms with van der Waals surface area (Å²) in [5.41, 5.74) is 3.50. The van der Waals surface area contributed by atoms with E-state index in [0.29, 0.717) is 5.92 Å². The van der Waals surface area contributed by atoms with Crippen LogP contribution in [0.1, 0.15) is 49.1 Å². The molecule has 0 spiro atoms. The van der Waals surface area contributed by atoms with Crippen molar-refractivity contribution in [1.29, 1.82) is 0 Å². The summed E-state index contributed by atoms with van der Waals surface area (Å²) >= 11 is 0. The molecular weight excluding hydrogens is 274 g/mol. The minimum Gasteiger partial charge on any atom is -0.299 e. The Morgan fingerprint density at radius 2 is 2.00 bits per heavy atom. The number of piperidine rings is 1. The van der Waals surface area contributed by atoms with E-state index in [1.807, 2.05) is 30.2 Å². The minimum absolute atomic E-state index is 0.562. The molecule has 0 amide bonds. The lowest BCUT2D eigenvalue weighted by Gasteiger charge is -2.31. The third-order valence-electron chi connectivity index (χ3n) is 4.33. The highest BCUT2D eigenvalue weighted by Gasteiger charge is 2.22.